The lowest BCUT2D eigenvalue weighted by molar-refractivity contribution is -0.130. The SMILES string of the molecule is CC(CN)CNC(=O)C1(c2ccccc2)CCC1. The molecule has 0 saturated heterocycles. The normalized spacial score (nSPS) is 18.8. The van der Waals surface area contributed by atoms with Crippen LogP contribution in [0.5, 0.6) is 0 Å². The smallest absolute Gasteiger partial charge is 0.230 e. The van der Waals surface area contributed by atoms with Gasteiger partial charge in [-0.2, -0.15) is 0 Å². The molecule has 1 aliphatic rings. The number of hydrogen-bond acceptors (Lipinski definition) is 2. The van der Waals surface area contributed by atoms with Crippen molar-refractivity contribution in [2.24, 2.45) is 11.7 Å². The number of nitrogens with two attached hydrogens (primary N) is 1. The average Bonchev–Trinajstić information content (AvgIpc) is 2.36. The van der Waals surface area contributed by atoms with Crippen LogP contribution < -0.4 is 11.1 Å². The first-order valence-corrected chi connectivity index (χ1v) is 6.73. The van der Waals surface area contributed by atoms with E-state index in [0.29, 0.717) is 19.0 Å². The Labute approximate surface area is 109 Å². The molecule has 3 nitrogen and oxygen atoms in total. The van der Waals surface area contributed by atoms with E-state index in [1.165, 1.54) is 0 Å². The predicted octanol–water partition coefficient (Wildman–Crippen LogP) is 1.82. The third-order valence-corrected chi connectivity index (χ3v) is 3.98. The van der Waals surface area contributed by atoms with Crippen LogP contribution in [0.25, 0.3) is 0 Å². The minimum atomic E-state index is -0.282. The zero-order valence-electron chi connectivity index (χ0n) is 11.0. The van der Waals surface area contributed by atoms with Crippen molar-refractivity contribution in [1.29, 1.82) is 0 Å². The van der Waals surface area contributed by atoms with Gasteiger partial charge in [-0.3, -0.25) is 4.79 Å². The molecule has 0 spiro atoms. The van der Waals surface area contributed by atoms with Crippen LogP contribution in [-0.2, 0) is 10.2 Å². The van der Waals surface area contributed by atoms with E-state index >= 15 is 0 Å². The lowest BCUT2D eigenvalue weighted by atomic mass is 9.64. The van der Waals surface area contributed by atoms with Gasteiger partial charge in [0, 0.05) is 6.54 Å². The van der Waals surface area contributed by atoms with Crippen LogP contribution in [0.15, 0.2) is 30.3 Å². The lowest BCUT2D eigenvalue weighted by Crippen LogP contribution is -2.50. The third-order valence-electron chi connectivity index (χ3n) is 3.98. The molecule has 3 heteroatoms. The van der Waals surface area contributed by atoms with Crippen LogP contribution in [-0.4, -0.2) is 19.0 Å². The molecule has 0 aliphatic heterocycles. The van der Waals surface area contributed by atoms with Crippen LogP contribution in [0, 0.1) is 5.92 Å². The number of nitrogens with one attached hydrogen (secondary N) is 1. The lowest BCUT2D eigenvalue weighted by Gasteiger charge is -2.41. The van der Waals surface area contributed by atoms with E-state index < -0.39 is 0 Å². The number of rotatable bonds is 5. The third kappa shape index (κ3) is 2.41. The van der Waals surface area contributed by atoms with Crippen molar-refractivity contribution in [3.63, 3.8) is 0 Å². The van der Waals surface area contributed by atoms with Crippen LogP contribution in [0.4, 0.5) is 0 Å². The van der Waals surface area contributed by atoms with Crippen molar-refractivity contribution in [2.45, 2.75) is 31.6 Å². The Hall–Kier alpha value is -1.35. The summed E-state index contributed by atoms with van der Waals surface area (Å²) in [6.07, 6.45) is 3.05. The summed E-state index contributed by atoms with van der Waals surface area (Å²) in [7, 11) is 0. The van der Waals surface area contributed by atoms with E-state index in [9.17, 15) is 4.79 Å². The van der Waals surface area contributed by atoms with Crippen LogP contribution in [0.1, 0.15) is 31.7 Å². The van der Waals surface area contributed by atoms with E-state index in [0.717, 1.165) is 24.8 Å². The van der Waals surface area contributed by atoms with Gasteiger partial charge in [0.2, 0.25) is 5.91 Å². The highest BCUT2D eigenvalue weighted by Gasteiger charge is 2.45. The second-order valence-corrected chi connectivity index (χ2v) is 5.35. The fourth-order valence-electron chi connectivity index (χ4n) is 2.45. The molecular weight excluding hydrogens is 224 g/mol. The molecule has 0 aromatic heterocycles. The van der Waals surface area contributed by atoms with Crippen molar-refractivity contribution in [1.82, 2.24) is 5.32 Å². The molecule has 3 N–H and O–H groups in total. The van der Waals surface area contributed by atoms with Gasteiger partial charge in [-0.05, 0) is 30.9 Å². The number of carbonyl (C=O) groups excluding carboxylic acids is 1. The molecule has 1 aromatic carbocycles. The average molecular weight is 246 g/mol. The Kier molecular flexibility index (Phi) is 4.02. The highest BCUT2D eigenvalue weighted by molar-refractivity contribution is 5.89. The minimum Gasteiger partial charge on any atom is -0.355 e. The molecule has 1 fully saturated rings. The molecule has 1 saturated carbocycles. The van der Waals surface area contributed by atoms with Gasteiger partial charge in [0.1, 0.15) is 0 Å². The van der Waals surface area contributed by atoms with E-state index in [2.05, 4.69) is 24.4 Å². The standard InChI is InChI=1S/C15H22N2O/c1-12(10-16)11-17-14(18)15(8-5-9-15)13-6-3-2-4-7-13/h2-4,6-7,12H,5,8-11,16H2,1H3,(H,17,18). The van der Waals surface area contributed by atoms with Gasteiger partial charge in [-0.1, -0.05) is 43.7 Å². The Balaban J connectivity index is 2.06. The first-order chi connectivity index (χ1) is 8.69. The molecule has 1 amide bonds. The second-order valence-electron chi connectivity index (χ2n) is 5.35. The van der Waals surface area contributed by atoms with Gasteiger partial charge < -0.3 is 11.1 Å². The van der Waals surface area contributed by atoms with Gasteiger partial charge in [0.25, 0.3) is 0 Å². The molecule has 1 unspecified atom stereocenters. The summed E-state index contributed by atoms with van der Waals surface area (Å²) in [4.78, 5) is 12.4. The van der Waals surface area contributed by atoms with Crippen molar-refractivity contribution >= 4 is 5.91 Å². The van der Waals surface area contributed by atoms with Crippen LogP contribution in [0.2, 0.25) is 0 Å². The first kappa shape index (κ1) is 13.1. The van der Waals surface area contributed by atoms with Gasteiger partial charge in [-0.25, -0.2) is 0 Å². The van der Waals surface area contributed by atoms with Crippen molar-refractivity contribution in [3.05, 3.63) is 35.9 Å². The molecular formula is C15H22N2O. The summed E-state index contributed by atoms with van der Waals surface area (Å²) in [6.45, 7) is 3.33. The van der Waals surface area contributed by atoms with Crippen molar-refractivity contribution in [2.75, 3.05) is 13.1 Å². The zero-order valence-corrected chi connectivity index (χ0v) is 11.0. The Morgan fingerprint density at radius 3 is 2.56 bits per heavy atom. The number of amides is 1. The van der Waals surface area contributed by atoms with Crippen molar-refractivity contribution < 1.29 is 4.79 Å². The fourth-order valence-corrected chi connectivity index (χ4v) is 2.45. The molecule has 1 aromatic rings. The van der Waals surface area contributed by atoms with Crippen LogP contribution in [0.3, 0.4) is 0 Å². The predicted molar refractivity (Wildman–Crippen MR) is 73.2 cm³/mol. The highest BCUT2D eigenvalue weighted by atomic mass is 16.2. The van der Waals surface area contributed by atoms with Gasteiger partial charge in [0.15, 0.2) is 0 Å². The van der Waals surface area contributed by atoms with Gasteiger partial charge in [-0.15, -0.1) is 0 Å². The highest BCUT2D eigenvalue weighted by Crippen LogP contribution is 2.43. The molecule has 0 heterocycles. The second kappa shape index (κ2) is 5.53. The number of carbonyl (C=O) groups is 1. The monoisotopic (exact) mass is 246 g/mol. The Bertz CT molecular complexity index is 398. The summed E-state index contributed by atoms with van der Waals surface area (Å²) in [5, 5.41) is 3.06. The maximum absolute atomic E-state index is 12.4. The molecule has 18 heavy (non-hydrogen) atoms. The summed E-state index contributed by atoms with van der Waals surface area (Å²) < 4.78 is 0. The molecule has 1 aliphatic carbocycles. The molecule has 2 rings (SSSR count). The fraction of sp³-hybridized carbons (Fsp3) is 0.533. The maximum atomic E-state index is 12.4. The summed E-state index contributed by atoms with van der Waals surface area (Å²) >= 11 is 0. The molecule has 0 radical (unpaired) electrons. The Morgan fingerprint density at radius 2 is 2.06 bits per heavy atom. The maximum Gasteiger partial charge on any atom is 0.230 e. The summed E-state index contributed by atoms with van der Waals surface area (Å²) in [6, 6.07) is 10.1. The number of benzene rings is 1. The van der Waals surface area contributed by atoms with Crippen LogP contribution >= 0.6 is 0 Å². The zero-order chi connectivity index (χ0) is 13.0. The number of hydrogen-bond donors (Lipinski definition) is 2. The van der Waals surface area contributed by atoms with E-state index in [4.69, 9.17) is 5.73 Å². The molecule has 0 bridgehead atoms. The van der Waals surface area contributed by atoms with Gasteiger partial charge in [0.05, 0.1) is 5.41 Å². The summed E-state index contributed by atoms with van der Waals surface area (Å²) in [5.41, 5.74) is 6.44. The van der Waals surface area contributed by atoms with Gasteiger partial charge >= 0.3 is 0 Å². The summed E-state index contributed by atoms with van der Waals surface area (Å²) in [5.74, 6) is 0.502. The topological polar surface area (TPSA) is 55.1 Å². The van der Waals surface area contributed by atoms with Crippen molar-refractivity contribution in [3.8, 4) is 0 Å². The quantitative estimate of drug-likeness (QED) is 0.832. The van der Waals surface area contributed by atoms with E-state index in [-0.39, 0.29) is 11.3 Å². The van der Waals surface area contributed by atoms with E-state index in [1.54, 1.807) is 0 Å². The minimum absolute atomic E-state index is 0.167. The molecule has 1 atom stereocenters. The Morgan fingerprint density at radius 1 is 1.39 bits per heavy atom. The largest absolute Gasteiger partial charge is 0.355 e. The first-order valence-electron chi connectivity index (χ1n) is 6.73. The molecule has 98 valence electrons. The van der Waals surface area contributed by atoms with E-state index in [1.807, 2.05) is 18.2 Å².